The van der Waals surface area contributed by atoms with E-state index < -0.39 is 17.2 Å². The molecule has 0 radical (unpaired) electrons. The SMILES string of the molecule is Nc1ncnc(NCCc2nc3cccc(Cl)c3c(=O)n2-c2cc(F)cc(F)c2)c1C#CC1CC1. The van der Waals surface area contributed by atoms with Crippen LogP contribution in [0.15, 0.2) is 47.5 Å². The summed E-state index contributed by atoms with van der Waals surface area (Å²) in [5, 5.41) is 3.53. The molecule has 0 unspecified atom stereocenters. The molecule has 5 rings (SSSR count). The summed E-state index contributed by atoms with van der Waals surface area (Å²) in [7, 11) is 0. The molecule has 0 atom stereocenters. The normalized spacial score (nSPS) is 12.9. The van der Waals surface area contributed by atoms with E-state index in [4.69, 9.17) is 17.3 Å². The number of fused-ring (bicyclic) bond motifs is 1. The largest absolute Gasteiger partial charge is 0.382 e. The van der Waals surface area contributed by atoms with Gasteiger partial charge in [0.2, 0.25) is 0 Å². The van der Waals surface area contributed by atoms with Gasteiger partial charge < -0.3 is 11.1 Å². The number of nitrogens with zero attached hydrogens (tertiary/aromatic N) is 4. The van der Waals surface area contributed by atoms with Crippen molar-refractivity contribution in [1.82, 2.24) is 19.5 Å². The number of hydrogen-bond donors (Lipinski definition) is 2. The maximum absolute atomic E-state index is 14.0. The molecule has 1 aliphatic carbocycles. The highest BCUT2D eigenvalue weighted by Crippen LogP contribution is 2.28. The first-order valence-electron chi connectivity index (χ1n) is 10.9. The van der Waals surface area contributed by atoms with Crippen LogP contribution in [0, 0.1) is 29.4 Å². The van der Waals surface area contributed by atoms with Gasteiger partial charge in [0.15, 0.2) is 0 Å². The number of aromatic nitrogens is 4. The topological polar surface area (TPSA) is 98.7 Å². The zero-order valence-corrected chi connectivity index (χ0v) is 19.1. The number of halogens is 3. The quantitative estimate of drug-likeness (QED) is 0.407. The van der Waals surface area contributed by atoms with Gasteiger partial charge in [-0.25, -0.2) is 23.7 Å². The number of hydrogen-bond acceptors (Lipinski definition) is 6. The number of anilines is 2. The average molecular weight is 493 g/mol. The number of nitrogens with two attached hydrogens (primary N) is 1. The Bertz CT molecular complexity index is 1550. The maximum Gasteiger partial charge on any atom is 0.267 e. The van der Waals surface area contributed by atoms with E-state index in [1.54, 1.807) is 18.2 Å². The van der Waals surface area contributed by atoms with Gasteiger partial charge in [-0.3, -0.25) is 9.36 Å². The van der Waals surface area contributed by atoms with Gasteiger partial charge in [0.1, 0.15) is 41.0 Å². The Kier molecular flexibility index (Phi) is 6.05. The Hall–Kier alpha value is -4.03. The van der Waals surface area contributed by atoms with Crippen molar-refractivity contribution in [3.8, 4) is 17.5 Å². The molecule has 0 amide bonds. The molecule has 1 saturated carbocycles. The van der Waals surface area contributed by atoms with E-state index in [0.29, 0.717) is 22.8 Å². The van der Waals surface area contributed by atoms with Crippen LogP contribution in [0.1, 0.15) is 24.2 Å². The molecule has 0 bridgehead atoms. The Balaban J connectivity index is 1.52. The van der Waals surface area contributed by atoms with Crippen LogP contribution < -0.4 is 16.6 Å². The monoisotopic (exact) mass is 492 g/mol. The molecule has 2 aromatic heterocycles. The van der Waals surface area contributed by atoms with Crippen LogP contribution in [0.5, 0.6) is 0 Å². The number of benzene rings is 2. The van der Waals surface area contributed by atoms with E-state index in [1.807, 2.05) is 0 Å². The lowest BCUT2D eigenvalue weighted by Gasteiger charge is -2.15. The lowest BCUT2D eigenvalue weighted by molar-refractivity contribution is 0.580. The molecule has 2 heterocycles. The van der Waals surface area contributed by atoms with Gasteiger partial charge in [-0.2, -0.15) is 0 Å². The fourth-order valence-electron chi connectivity index (χ4n) is 3.69. The summed E-state index contributed by atoms with van der Waals surface area (Å²) in [6.45, 7) is 0.283. The van der Waals surface area contributed by atoms with Gasteiger partial charge in [0.05, 0.1) is 21.6 Å². The Labute approximate surface area is 204 Å². The minimum atomic E-state index is -0.814. The third-order valence-corrected chi connectivity index (χ3v) is 5.83. The van der Waals surface area contributed by atoms with E-state index >= 15 is 0 Å². The van der Waals surface area contributed by atoms with Crippen LogP contribution in [0.3, 0.4) is 0 Å². The zero-order chi connectivity index (χ0) is 24.5. The van der Waals surface area contributed by atoms with Gasteiger partial charge >= 0.3 is 0 Å². The molecular formula is C25H19ClF2N6O. The fraction of sp³-hybridized carbons (Fsp3) is 0.200. The molecule has 3 N–H and O–H groups in total. The summed E-state index contributed by atoms with van der Waals surface area (Å²) in [6.07, 6.45) is 3.69. The highest BCUT2D eigenvalue weighted by Gasteiger charge is 2.19. The molecule has 0 aliphatic heterocycles. The minimum absolute atomic E-state index is 0.0130. The van der Waals surface area contributed by atoms with Crippen molar-refractivity contribution in [3.63, 3.8) is 0 Å². The summed E-state index contributed by atoms with van der Waals surface area (Å²) in [6, 6.07) is 7.78. The predicted molar refractivity (Wildman–Crippen MR) is 131 cm³/mol. The number of nitrogen functional groups attached to an aromatic ring is 1. The van der Waals surface area contributed by atoms with Crippen molar-refractivity contribution in [1.29, 1.82) is 0 Å². The second-order valence-corrected chi connectivity index (χ2v) is 8.54. The molecule has 0 saturated heterocycles. The van der Waals surface area contributed by atoms with E-state index in [0.717, 1.165) is 31.0 Å². The Morgan fingerprint density at radius 1 is 1.17 bits per heavy atom. The van der Waals surface area contributed by atoms with E-state index in [-0.39, 0.29) is 40.7 Å². The summed E-state index contributed by atoms with van der Waals surface area (Å²) in [4.78, 5) is 26.2. The van der Waals surface area contributed by atoms with Crippen molar-refractivity contribution in [3.05, 3.63) is 81.1 Å². The van der Waals surface area contributed by atoms with E-state index in [1.165, 1.54) is 10.9 Å². The summed E-state index contributed by atoms with van der Waals surface area (Å²) >= 11 is 6.26. The second kappa shape index (κ2) is 9.31. The van der Waals surface area contributed by atoms with Gasteiger partial charge in [-0.1, -0.05) is 29.5 Å². The molecule has 4 aromatic rings. The third kappa shape index (κ3) is 4.79. The standard InChI is InChI=1S/C25H19ClF2N6O/c26-19-2-1-3-20-22(19)25(35)34(17-11-15(27)10-16(28)12-17)21(33-20)8-9-30-24-18(7-6-14-4-5-14)23(29)31-13-32-24/h1-3,10-14H,4-5,8-9H2,(H3,29,30,31,32). The predicted octanol–water partition coefficient (Wildman–Crippen LogP) is 4.11. The molecule has 0 spiro atoms. The molecule has 2 aromatic carbocycles. The van der Waals surface area contributed by atoms with Crippen LogP contribution in [0.25, 0.3) is 16.6 Å². The lowest BCUT2D eigenvalue weighted by Crippen LogP contribution is -2.26. The van der Waals surface area contributed by atoms with Crippen LogP contribution in [0.4, 0.5) is 20.4 Å². The van der Waals surface area contributed by atoms with Crippen molar-refractivity contribution < 1.29 is 8.78 Å². The van der Waals surface area contributed by atoms with Gasteiger partial charge in [0, 0.05) is 24.9 Å². The summed E-state index contributed by atoms with van der Waals surface area (Å²) < 4.78 is 29.2. The van der Waals surface area contributed by atoms with Crippen molar-refractivity contribution in [2.45, 2.75) is 19.3 Å². The zero-order valence-electron chi connectivity index (χ0n) is 18.4. The minimum Gasteiger partial charge on any atom is -0.382 e. The highest BCUT2D eigenvalue weighted by atomic mass is 35.5. The van der Waals surface area contributed by atoms with Gasteiger partial charge in [-0.05, 0) is 37.1 Å². The fourth-order valence-corrected chi connectivity index (χ4v) is 3.94. The smallest absolute Gasteiger partial charge is 0.267 e. The van der Waals surface area contributed by atoms with Crippen molar-refractivity contribution in [2.75, 3.05) is 17.6 Å². The molecule has 1 fully saturated rings. The van der Waals surface area contributed by atoms with Crippen LogP contribution >= 0.6 is 11.6 Å². The van der Waals surface area contributed by atoms with E-state index in [2.05, 4.69) is 32.1 Å². The van der Waals surface area contributed by atoms with Crippen molar-refractivity contribution in [2.24, 2.45) is 5.92 Å². The summed E-state index contributed by atoms with van der Waals surface area (Å²) in [5.74, 6) is 5.95. The van der Waals surface area contributed by atoms with Crippen molar-refractivity contribution >= 4 is 34.1 Å². The molecule has 176 valence electrons. The molecule has 1 aliphatic rings. The Morgan fingerprint density at radius 2 is 1.94 bits per heavy atom. The van der Waals surface area contributed by atoms with Crippen LogP contribution in [-0.4, -0.2) is 26.1 Å². The first kappa shape index (κ1) is 22.7. The van der Waals surface area contributed by atoms with Gasteiger partial charge in [0.25, 0.3) is 5.56 Å². The highest BCUT2D eigenvalue weighted by molar-refractivity contribution is 6.35. The third-order valence-electron chi connectivity index (χ3n) is 5.52. The molecule has 10 heteroatoms. The first-order valence-corrected chi connectivity index (χ1v) is 11.3. The van der Waals surface area contributed by atoms with E-state index in [9.17, 15) is 13.6 Å². The molecule has 35 heavy (non-hydrogen) atoms. The number of rotatable bonds is 5. The lowest BCUT2D eigenvalue weighted by atomic mass is 10.2. The van der Waals surface area contributed by atoms with Crippen LogP contribution in [0.2, 0.25) is 5.02 Å². The maximum atomic E-state index is 14.0. The second-order valence-electron chi connectivity index (χ2n) is 8.13. The Morgan fingerprint density at radius 3 is 2.69 bits per heavy atom. The first-order chi connectivity index (χ1) is 16.9. The summed E-state index contributed by atoms with van der Waals surface area (Å²) in [5.41, 5.74) is 6.37. The average Bonchev–Trinajstić information content (AvgIpc) is 3.62. The van der Waals surface area contributed by atoms with Crippen LogP contribution in [-0.2, 0) is 6.42 Å². The molecular weight excluding hydrogens is 474 g/mol. The van der Waals surface area contributed by atoms with Gasteiger partial charge in [-0.15, -0.1) is 0 Å². The number of nitrogens with one attached hydrogen (secondary N) is 1. The molecule has 7 nitrogen and oxygen atoms in total.